The molecule has 0 radical (unpaired) electrons. The van der Waals surface area contributed by atoms with Gasteiger partial charge < -0.3 is 13.8 Å². The van der Waals surface area contributed by atoms with Crippen molar-refractivity contribution in [1.29, 1.82) is 0 Å². The topological polar surface area (TPSA) is 91.2 Å². The lowest BCUT2D eigenvalue weighted by Crippen LogP contribution is -2.02. The van der Waals surface area contributed by atoms with E-state index in [1.165, 1.54) is 7.11 Å². The highest BCUT2D eigenvalue weighted by Gasteiger charge is 2.23. The van der Waals surface area contributed by atoms with E-state index in [9.17, 15) is 4.89 Å². The minimum absolute atomic E-state index is 0.339. The van der Waals surface area contributed by atoms with E-state index >= 15 is 0 Å². The van der Waals surface area contributed by atoms with Crippen LogP contribution < -0.4 is 4.52 Å². The maximum atomic E-state index is 10.2. The van der Waals surface area contributed by atoms with E-state index in [0.717, 1.165) is 22.5 Å². The van der Waals surface area contributed by atoms with Crippen molar-refractivity contribution >= 4 is 14.2 Å². The number of imidazole rings is 1. The molecule has 0 saturated heterocycles. The standard InChI is InChI=1S/C25H22N3O5P/c1-30-33-34(29)32-25-22(16-20-13-8-14-31-20)27-24-21(15-18-9-4-2-5-10-18)26-23(17-28(24)25)19-11-6-3-7-12-19/h2-14,17,29H,15-16H2,1H3. The summed E-state index contributed by atoms with van der Waals surface area (Å²) >= 11 is 0. The van der Waals surface area contributed by atoms with Gasteiger partial charge in [0.1, 0.15) is 11.5 Å². The molecule has 9 heteroatoms. The van der Waals surface area contributed by atoms with Crippen LogP contribution >= 0.6 is 8.60 Å². The molecule has 8 nitrogen and oxygen atoms in total. The van der Waals surface area contributed by atoms with Gasteiger partial charge in [-0.15, -0.1) is 4.67 Å². The Morgan fingerprint density at radius 1 is 0.912 bits per heavy atom. The van der Waals surface area contributed by atoms with E-state index in [1.807, 2.05) is 66.9 Å². The molecule has 0 fully saturated rings. The summed E-state index contributed by atoms with van der Waals surface area (Å²) in [6.45, 7) is 0. The second-order valence-electron chi connectivity index (χ2n) is 7.48. The van der Waals surface area contributed by atoms with Gasteiger partial charge in [0, 0.05) is 18.2 Å². The van der Waals surface area contributed by atoms with Crippen molar-refractivity contribution < 1.29 is 23.4 Å². The highest BCUT2D eigenvalue weighted by molar-refractivity contribution is 7.40. The molecule has 0 aliphatic heterocycles. The smallest absolute Gasteiger partial charge is 0.425 e. The van der Waals surface area contributed by atoms with Crippen molar-refractivity contribution in [1.82, 2.24) is 14.4 Å². The van der Waals surface area contributed by atoms with Gasteiger partial charge in [-0.1, -0.05) is 60.7 Å². The first-order valence-electron chi connectivity index (χ1n) is 10.6. The Bertz CT molecular complexity index is 1360. The van der Waals surface area contributed by atoms with Gasteiger partial charge in [0.15, 0.2) is 5.65 Å². The minimum atomic E-state index is -2.34. The van der Waals surface area contributed by atoms with Crippen LogP contribution in [0.3, 0.4) is 0 Å². The van der Waals surface area contributed by atoms with E-state index in [-0.39, 0.29) is 0 Å². The molecule has 0 spiro atoms. The van der Waals surface area contributed by atoms with Gasteiger partial charge in [-0.3, -0.25) is 4.40 Å². The zero-order chi connectivity index (χ0) is 23.3. The van der Waals surface area contributed by atoms with Crippen LogP contribution in [0.25, 0.3) is 16.9 Å². The Hall–Kier alpha value is -3.55. The third kappa shape index (κ3) is 4.85. The normalized spacial score (nSPS) is 12.2. The zero-order valence-electron chi connectivity index (χ0n) is 18.4. The molecule has 5 rings (SSSR count). The van der Waals surface area contributed by atoms with Crippen LogP contribution in [0.15, 0.2) is 89.7 Å². The molecule has 1 N–H and O–H groups in total. The van der Waals surface area contributed by atoms with Gasteiger partial charge in [0.2, 0.25) is 5.88 Å². The summed E-state index contributed by atoms with van der Waals surface area (Å²) in [4.78, 5) is 24.6. The average Bonchev–Trinajstić information content (AvgIpc) is 3.49. The van der Waals surface area contributed by atoms with Gasteiger partial charge >= 0.3 is 8.60 Å². The molecule has 0 saturated carbocycles. The fourth-order valence-electron chi connectivity index (χ4n) is 3.73. The molecule has 3 aromatic heterocycles. The predicted octanol–water partition coefficient (Wildman–Crippen LogP) is 5.35. The predicted molar refractivity (Wildman–Crippen MR) is 127 cm³/mol. The van der Waals surface area contributed by atoms with E-state index in [1.54, 1.807) is 10.7 Å². The van der Waals surface area contributed by atoms with Crippen molar-refractivity contribution in [3.8, 4) is 17.1 Å². The summed E-state index contributed by atoms with van der Waals surface area (Å²) in [6.07, 6.45) is 4.40. The van der Waals surface area contributed by atoms with Crippen molar-refractivity contribution in [2.24, 2.45) is 0 Å². The first-order valence-corrected chi connectivity index (χ1v) is 11.7. The summed E-state index contributed by atoms with van der Waals surface area (Å²) < 4.78 is 17.9. The van der Waals surface area contributed by atoms with Crippen LogP contribution in [-0.4, -0.2) is 26.4 Å². The van der Waals surface area contributed by atoms with Crippen LogP contribution in [0.5, 0.6) is 5.88 Å². The van der Waals surface area contributed by atoms with Crippen molar-refractivity contribution in [3.05, 3.63) is 108 Å². The highest BCUT2D eigenvalue weighted by atomic mass is 31.2. The van der Waals surface area contributed by atoms with Crippen molar-refractivity contribution in [2.75, 3.05) is 7.11 Å². The lowest BCUT2D eigenvalue weighted by atomic mass is 10.1. The second kappa shape index (κ2) is 10.2. The summed E-state index contributed by atoms with van der Waals surface area (Å²) in [5.74, 6) is 1.05. The van der Waals surface area contributed by atoms with Crippen molar-refractivity contribution in [2.45, 2.75) is 12.8 Å². The molecule has 172 valence electrons. The number of nitrogens with zero attached hydrogens (tertiary/aromatic N) is 3. The van der Waals surface area contributed by atoms with E-state index in [2.05, 4.69) is 17.0 Å². The van der Waals surface area contributed by atoms with E-state index in [0.29, 0.717) is 35.8 Å². The average molecular weight is 475 g/mol. The number of benzene rings is 2. The third-order valence-electron chi connectivity index (χ3n) is 5.21. The lowest BCUT2D eigenvalue weighted by Gasteiger charge is -2.12. The molecule has 0 aliphatic rings. The Balaban J connectivity index is 1.69. The quantitative estimate of drug-likeness (QED) is 0.175. The van der Waals surface area contributed by atoms with Crippen LogP contribution in [0.4, 0.5) is 0 Å². The summed E-state index contributed by atoms with van der Waals surface area (Å²) in [5, 5.41) is 0. The van der Waals surface area contributed by atoms with Gasteiger partial charge in [-0.2, -0.15) is 0 Å². The largest absolute Gasteiger partial charge is 0.469 e. The molecule has 2 aromatic carbocycles. The van der Waals surface area contributed by atoms with Crippen LogP contribution in [0.1, 0.15) is 22.7 Å². The molecular weight excluding hydrogens is 453 g/mol. The Morgan fingerprint density at radius 3 is 2.38 bits per heavy atom. The lowest BCUT2D eigenvalue weighted by molar-refractivity contribution is -0.184. The summed E-state index contributed by atoms with van der Waals surface area (Å²) in [5.41, 5.74) is 4.79. The molecule has 5 aromatic rings. The maximum absolute atomic E-state index is 10.2. The molecule has 1 unspecified atom stereocenters. The molecule has 0 aliphatic carbocycles. The molecule has 0 bridgehead atoms. The SMILES string of the molecule is COOP(O)Oc1c(Cc2ccco2)nc2c(Cc3ccccc3)nc(-c3ccccc3)cn12. The number of furan rings is 1. The van der Waals surface area contributed by atoms with Gasteiger partial charge in [-0.25, -0.2) is 14.9 Å². The summed E-state index contributed by atoms with van der Waals surface area (Å²) in [6, 6.07) is 23.6. The van der Waals surface area contributed by atoms with Crippen LogP contribution in [-0.2, 0) is 22.4 Å². The Morgan fingerprint density at radius 2 is 1.68 bits per heavy atom. The van der Waals surface area contributed by atoms with Gasteiger partial charge in [-0.05, 0) is 17.7 Å². The highest BCUT2D eigenvalue weighted by Crippen LogP contribution is 2.39. The Labute approximate surface area is 197 Å². The molecule has 3 heterocycles. The second-order valence-corrected chi connectivity index (χ2v) is 8.29. The number of hydrogen-bond donors (Lipinski definition) is 1. The molecular formula is C25H22N3O5P. The maximum Gasteiger partial charge on any atom is 0.425 e. The Kier molecular flexibility index (Phi) is 6.65. The fourth-order valence-corrected chi connectivity index (χ4v) is 4.23. The van der Waals surface area contributed by atoms with E-state index in [4.69, 9.17) is 23.6 Å². The van der Waals surface area contributed by atoms with Crippen LogP contribution in [0, 0.1) is 0 Å². The number of hydrogen-bond acceptors (Lipinski definition) is 7. The number of rotatable bonds is 9. The number of aromatic nitrogens is 3. The summed E-state index contributed by atoms with van der Waals surface area (Å²) in [7, 11) is -1.03. The fraction of sp³-hybridized carbons (Fsp3) is 0.120. The van der Waals surface area contributed by atoms with Gasteiger partial charge in [0.25, 0.3) is 0 Å². The van der Waals surface area contributed by atoms with E-state index < -0.39 is 8.60 Å². The molecule has 1 atom stereocenters. The van der Waals surface area contributed by atoms with Gasteiger partial charge in [0.05, 0.1) is 31.2 Å². The minimum Gasteiger partial charge on any atom is -0.469 e. The molecule has 34 heavy (non-hydrogen) atoms. The zero-order valence-corrected chi connectivity index (χ0v) is 19.3. The first kappa shape index (κ1) is 22.3. The third-order valence-corrected chi connectivity index (χ3v) is 5.81. The first-order chi connectivity index (χ1) is 16.7. The number of fused-ring (bicyclic) bond motifs is 1. The van der Waals surface area contributed by atoms with Crippen LogP contribution in [0.2, 0.25) is 0 Å². The molecule has 0 amide bonds. The van der Waals surface area contributed by atoms with Crippen molar-refractivity contribution in [3.63, 3.8) is 0 Å². The monoisotopic (exact) mass is 475 g/mol.